The van der Waals surface area contributed by atoms with Crippen LogP contribution in [0.25, 0.3) is 0 Å². The summed E-state index contributed by atoms with van der Waals surface area (Å²) in [6.07, 6.45) is 2.37. The minimum atomic E-state index is -0.501. The third-order valence-corrected chi connectivity index (χ3v) is 2.35. The molecule has 0 amide bonds. The first-order valence-corrected chi connectivity index (χ1v) is 5.70. The molecule has 0 unspecified atom stereocenters. The second kappa shape index (κ2) is 7.11. The molecule has 0 saturated heterocycles. The summed E-state index contributed by atoms with van der Waals surface area (Å²) in [6.45, 7) is 8.14. The van der Waals surface area contributed by atoms with Gasteiger partial charge >= 0.3 is 0 Å². The van der Waals surface area contributed by atoms with Gasteiger partial charge in [0.15, 0.2) is 0 Å². The summed E-state index contributed by atoms with van der Waals surface area (Å²) in [5.74, 6) is 0.0402. The summed E-state index contributed by atoms with van der Waals surface area (Å²) >= 11 is 0. The number of hydrogen-bond donors (Lipinski definition) is 1. The summed E-state index contributed by atoms with van der Waals surface area (Å²) in [6, 6.07) is 1.30. The number of aromatic nitrogens is 2. The highest BCUT2D eigenvalue weighted by Crippen LogP contribution is 2.01. The number of nitrogens with zero attached hydrogens (tertiary/aromatic N) is 3. The maximum atomic E-state index is 12.7. The van der Waals surface area contributed by atoms with E-state index in [0.717, 1.165) is 32.6 Å². The van der Waals surface area contributed by atoms with Gasteiger partial charge in [0.2, 0.25) is 5.95 Å². The van der Waals surface area contributed by atoms with Crippen molar-refractivity contribution in [2.24, 2.45) is 0 Å². The van der Waals surface area contributed by atoms with Gasteiger partial charge in [-0.25, -0.2) is 9.97 Å². The fourth-order valence-corrected chi connectivity index (χ4v) is 1.52. The Morgan fingerprint density at radius 3 is 2.75 bits per heavy atom. The maximum absolute atomic E-state index is 12.7. The van der Waals surface area contributed by atoms with E-state index in [1.54, 1.807) is 0 Å². The van der Waals surface area contributed by atoms with E-state index in [1.165, 1.54) is 12.4 Å². The summed E-state index contributed by atoms with van der Waals surface area (Å²) in [5, 5.41) is 3.08. The zero-order valence-electron chi connectivity index (χ0n) is 9.91. The van der Waals surface area contributed by atoms with Crippen LogP contribution in [0.4, 0.5) is 10.2 Å². The molecule has 0 aliphatic rings. The van der Waals surface area contributed by atoms with Crippen molar-refractivity contribution in [3.8, 4) is 0 Å². The van der Waals surface area contributed by atoms with Gasteiger partial charge in [-0.1, -0.05) is 13.8 Å². The Bertz CT molecular complexity index is 306. The van der Waals surface area contributed by atoms with Gasteiger partial charge in [-0.2, -0.15) is 4.39 Å². The van der Waals surface area contributed by atoms with Crippen LogP contribution in [0.2, 0.25) is 0 Å². The predicted molar refractivity (Wildman–Crippen MR) is 62.9 cm³/mol. The molecule has 0 fully saturated rings. The predicted octanol–water partition coefficient (Wildman–Crippen LogP) is 1.76. The third kappa shape index (κ3) is 4.53. The van der Waals surface area contributed by atoms with Crippen LogP contribution in [0.5, 0.6) is 0 Å². The van der Waals surface area contributed by atoms with Crippen molar-refractivity contribution < 1.29 is 4.39 Å². The van der Waals surface area contributed by atoms with Crippen LogP contribution in [-0.4, -0.2) is 41.0 Å². The van der Waals surface area contributed by atoms with Gasteiger partial charge < -0.3 is 10.2 Å². The monoisotopic (exact) mass is 226 g/mol. The van der Waals surface area contributed by atoms with Crippen molar-refractivity contribution in [3.63, 3.8) is 0 Å². The van der Waals surface area contributed by atoms with Crippen molar-refractivity contribution in [2.75, 3.05) is 31.5 Å². The van der Waals surface area contributed by atoms with Crippen LogP contribution in [0.1, 0.15) is 20.3 Å². The molecule has 0 spiro atoms. The number of rotatable bonds is 7. The third-order valence-electron chi connectivity index (χ3n) is 2.35. The SMILES string of the molecule is CCCN(CC)CCNc1cc(F)ncn1. The second-order valence-electron chi connectivity index (χ2n) is 3.59. The van der Waals surface area contributed by atoms with Gasteiger partial charge in [-0.3, -0.25) is 0 Å². The average Bonchev–Trinajstić information content (AvgIpc) is 2.28. The Labute approximate surface area is 95.9 Å². The first-order chi connectivity index (χ1) is 7.76. The zero-order chi connectivity index (χ0) is 11.8. The molecule has 0 aliphatic heterocycles. The van der Waals surface area contributed by atoms with E-state index >= 15 is 0 Å². The van der Waals surface area contributed by atoms with E-state index in [-0.39, 0.29) is 0 Å². The molecule has 0 bridgehead atoms. The number of likely N-dealkylation sites (N-methyl/N-ethyl adjacent to an activating group) is 1. The average molecular weight is 226 g/mol. The molecule has 0 atom stereocenters. The van der Waals surface area contributed by atoms with Gasteiger partial charge in [0.05, 0.1) is 0 Å². The molecule has 0 radical (unpaired) electrons. The molecule has 1 aromatic rings. The highest BCUT2D eigenvalue weighted by atomic mass is 19.1. The van der Waals surface area contributed by atoms with Crippen LogP contribution < -0.4 is 5.32 Å². The second-order valence-corrected chi connectivity index (χ2v) is 3.59. The van der Waals surface area contributed by atoms with E-state index in [0.29, 0.717) is 5.82 Å². The Kier molecular flexibility index (Phi) is 5.71. The van der Waals surface area contributed by atoms with E-state index < -0.39 is 5.95 Å². The molecule has 1 N–H and O–H groups in total. The van der Waals surface area contributed by atoms with Crippen molar-refractivity contribution in [3.05, 3.63) is 18.3 Å². The molecule has 90 valence electrons. The van der Waals surface area contributed by atoms with Crippen LogP contribution in [0, 0.1) is 5.95 Å². The molecule has 0 aromatic carbocycles. The molecular formula is C11H19FN4. The fraction of sp³-hybridized carbons (Fsp3) is 0.636. The largest absolute Gasteiger partial charge is 0.369 e. The first kappa shape index (κ1) is 12.8. The highest BCUT2D eigenvalue weighted by Gasteiger charge is 2.01. The molecule has 4 nitrogen and oxygen atoms in total. The van der Waals surface area contributed by atoms with E-state index in [1.807, 2.05) is 0 Å². The molecule has 1 heterocycles. The molecule has 5 heteroatoms. The minimum absolute atomic E-state index is 0.501. The zero-order valence-corrected chi connectivity index (χ0v) is 9.91. The fourth-order valence-electron chi connectivity index (χ4n) is 1.52. The summed E-state index contributed by atoms with van der Waals surface area (Å²) in [5.41, 5.74) is 0. The van der Waals surface area contributed by atoms with Gasteiger partial charge in [-0.15, -0.1) is 0 Å². The number of halogens is 1. The van der Waals surface area contributed by atoms with Crippen molar-refractivity contribution >= 4 is 5.82 Å². The van der Waals surface area contributed by atoms with E-state index in [9.17, 15) is 4.39 Å². The van der Waals surface area contributed by atoms with Gasteiger partial charge in [0, 0.05) is 19.2 Å². The topological polar surface area (TPSA) is 41.0 Å². The molecule has 16 heavy (non-hydrogen) atoms. The Hall–Kier alpha value is -1.23. The molecule has 0 aliphatic carbocycles. The van der Waals surface area contributed by atoms with Gasteiger partial charge in [-0.05, 0) is 19.5 Å². The standard InChI is InChI=1S/C11H19FN4/c1-3-6-16(4-2)7-5-13-11-8-10(12)14-9-15-11/h8-9H,3-7H2,1-2H3,(H,13,14,15). The molecular weight excluding hydrogens is 207 g/mol. The molecule has 0 saturated carbocycles. The summed E-state index contributed by atoms with van der Waals surface area (Å²) in [7, 11) is 0. The normalized spacial score (nSPS) is 10.8. The van der Waals surface area contributed by atoms with Crippen LogP contribution in [-0.2, 0) is 0 Å². The first-order valence-electron chi connectivity index (χ1n) is 5.70. The lowest BCUT2D eigenvalue weighted by atomic mass is 10.4. The maximum Gasteiger partial charge on any atom is 0.217 e. The van der Waals surface area contributed by atoms with E-state index in [2.05, 4.69) is 34.0 Å². The summed E-state index contributed by atoms with van der Waals surface area (Å²) in [4.78, 5) is 9.67. The minimum Gasteiger partial charge on any atom is -0.369 e. The summed E-state index contributed by atoms with van der Waals surface area (Å²) < 4.78 is 12.7. The number of hydrogen-bond acceptors (Lipinski definition) is 4. The number of nitrogens with one attached hydrogen (secondary N) is 1. The highest BCUT2D eigenvalue weighted by molar-refractivity contribution is 5.31. The van der Waals surface area contributed by atoms with Crippen molar-refractivity contribution in [2.45, 2.75) is 20.3 Å². The quantitative estimate of drug-likeness (QED) is 0.719. The van der Waals surface area contributed by atoms with Crippen molar-refractivity contribution in [1.82, 2.24) is 14.9 Å². The molecule has 1 rings (SSSR count). The van der Waals surface area contributed by atoms with Crippen LogP contribution in [0.15, 0.2) is 12.4 Å². The van der Waals surface area contributed by atoms with E-state index in [4.69, 9.17) is 0 Å². The van der Waals surface area contributed by atoms with Gasteiger partial charge in [0.25, 0.3) is 0 Å². The number of anilines is 1. The smallest absolute Gasteiger partial charge is 0.217 e. The Morgan fingerprint density at radius 1 is 1.31 bits per heavy atom. The lowest BCUT2D eigenvalue weighted by molar-refractivity contribution is 0.300. The van der Waals surface area contributed by atoms with Crippen LogP contribution >= 0.6 is 0 Å². The lowest BCUT2D eigenvalue weighted by Gasteiger charge is -2.19. The lowest BCUT2D eigenvalue weighted by Crippen LogP contribution is -2.29. The Morgan fingerprint density at radius 2 is 2.12 bits per heavy atom. The van der Waals surface area contributed by atoms with Crippen LogP contribution in [0.3, 0.4) is 0 Å². The van der Waals surface area contributed by atoms with Gasteiger partial charge in [0.1, 0.15) is 12.1 Å². The molecule has 1 aromatic heterocycles. The Balaban J connectivity index is 2.29. The van der Waals surface area contributed by atoms with Crippen molar-refractivity contribution in [1.29, 1.82) is 0 Å².